The maximum atomic E-state index is 11.5. The molecule has 0 aromatic carbocycles. The van der Waals surface area contributed by atoms with Gasteiger partial charge in [-0.15, -0.1) is 0 Å². The third-order valence-corrected chi connectivity index (χ3v) is 2.30. The van der Waals surface area contributed by atoms with Gasteiger partial charge in [0.05, 0.1) is 13.2 Å². The Morgan fingerprint density at radius 2 is 2.06 bits per heavy atom. The van der Waals surface area contributed by atoms with Crippen LogP contribution >= 0.6 is 0 Å². The van der Waals surface area contributed by atoms with Gasteiger partial charge in [0.15, 0.2) is 12.2 Å². The summed E-state index contributed by atoms with van der Waals surface area (Å²) in [7, 11) is 0. The molecule has 2 N–H and O–H groups in total. The van der Waals surface area contributed by atoms with Gasteiger partial charge in [0.2, 0.25) is 0 Å². The summed E-state index contributed by atoms with van der Waals surface area (Å²) in [5.41, 5.74) is 0. The van der Waals surface area contributed by atoms with Crippen LogP contribution in [0.3, 0.4) is 0 Å². The molecule has 1 heterocycles. The second-order valence-corrected chi connectivity index (χ2v) is 3.64. The summed E-state index contributed by atoms with van der Waals surface area (Å²) >= 11 is 0. The van der Waals surface area contributed by atoms with Gasteiger partial charge in [-0.3, -0.25) is 4.79 Å². The molecule has 0 amide bonds. The van der Waals surface area contributed by atoms with E-state index in [2.05, 4.69) is 0 Å². The molecule has 0 bridgehead atoms. The summed E-state index contributed by atoms with van der Waals surface area (Å²) in [6, 6.07) is 0. The predicted octanol–water partition coefficient (Wildman–Crippen LogP) is -1.40. The van der Waals surface area contributed by atoms with Gasteiger partial charge < -0.3 is 24.4 Å². The highest BCUT2D eigenvalue weighted by Gasteiger charge is 2.45. The summed E-state index contributed by atoms with van der Waals surface area (Å²) < 4.78 is 14.5. The minimum absolute atomic E-state index is 0.143. The SMILES string of the molecule is CCOC(=O)C1OCC(O)C(O)C1OC(C)=O. The lowest BCUT2D eigenvalue weighted by Crippen LogP contribution is -2.57. The molecule has 0 saturated carbocycles. The van der Waals surface area contributed by atoms with Crippen LogP contribution in [0.15, 0.2) is 0 Å². The highest BCUT2D eigenvalue weighted by molar-refractivity contribution is 5.76. The highest BCUT2D eigenvalue weighted by atomic mass is 16.6. The van der Waals surface area contributed by atoms with Gasteiger partial charge in [0, 0.05) is 6.92 Å². The first-order valence-corrected chi connectivity index (χ1v) is 5.29. The number of ether oxygens (including phenoxy) is 3. The third kappa shape index (κ3) is 3.39. The van der Waals surface area contributed by atoms with E-state index < -0.39 is 36.4 Å². The lowest BCUT2D eigenvalue weighted by molar-refractivity contribution is -0.216. The Morgan fingerprint density at radius 3 is 2.59 bits per heavy atom. The monoisotopic (exact) mass is 248 g/mol. The van der Waals surface area contributed by atoms with Gasteiger partial charge in [-0.05, 0) is 6.92 Å². The summed E-state index contributed by atoms with van der Waals surface area (Å²) in [6.07, 6.45) is -5.04. The molecule has 1 rings (SSSR count). The quantitative estimate of drug-likeness (QED) is 0.592. The number of aliphatic hydroxyl groups is 2. The number of hydrogen-bond donors (Lipinski definition) is 2. The lowest BCUT2D eigenvalue weighted by Gasteiger charge is -2.35. The van der Waals surface area contributed by atoms with Crippen LogP contribution in [0.2, 0.25) is 0 Å². The Morgan fingerprint density at radius 1 is 1.41 bits per heavy atom. The Bertz CT molecular complexity index is 290. The standard InChI is InChI=1S/C10H16O7/c1-3-15-10(14)9-8(17-5(2)11)7(13)6(12)4-16-9/h6-9,12-13H,3-4H2,1-2H3. The number of esters is 2. The first-order valence-electron chi connectivity index (χ1n) is 5.29. The second kappa shape index (κ2) is 5.95. The van der Waals surface area contributed by atoms with Gasteiger partial charge in [-0.25, -0.2) is 4.79 Å². The van der Waals surface area contributed by atoms with Crippen LogP contribution in [0, 0.1) is 0 Å². The van der Waals surface area contributed by atoms with E-state index in [9.17, 15) is 19.8 Å². The van der Waals surface area contributed by atoms with Crippen LogP contribution in [-0.4, -0.2) is 59.8 Å². The molecule has 0 aromatic heterocycles. The van der Waals surface area contributed by atoms with Crippen molar-refractivity contribution in [1.29, 1.82) is 0 Å². The van der Waals surface area contributed by atoms with Crippen molar-refractivity contribution in [3.05, 3.63) is 0 Å². The van der Waals surface area contributed by atoms with Crippen LogP contribution in [0.4, 0.5) is 0 Å². The minimum Gasteiger partial charge on any atom is -0.464 e. The van der Waals surface area contributed by atoms with Crippen LogP contribution in [0.1, 0.15) is 13.8 Å². The zero-order chi connectivity index (χ0) is 13.0. The van der Waals surface area contributed by atoms with Crippen molar-refractivity contribution < 1.29 is 34.0 Å². The highest BCUT2D eigenvalue weighted by Crippen LogP contribution is 2.20. The maximum Gasteiger partial charge on any atom is 0.339 e. The van der Waals surface area contributed by atoms with Crippen LogP contribution < -0.4 is 0 Å². The summed E-state index contributed by atoms with van der Waals surface area (Å²) in [5, 5.41) is 19.0. The number of rotatable bonds is 3. The molecular weight excluding hydrogens is 232 g/mol. The number of carbonyl (C=O) groups excluding carboxylic acids is 2. The molecule has 0 aliphatic carbocycles. The third-order valence-electron chi connectivity index (χ3n) is 2.30. The summed E-state index contributed by atoms with van der Waals surface area (Å²) in [4.78, 5) is 22.4. The van der Waals surface area contributed by atoms with Crippen LogP contribution in [0.25, 0.3) is 0 Å². The zero-order valence-corrected chi connectivity index (χ0v) is 9.66. The first-order chi connectivity index (χ1) is 7.97. The first kappa shape index (κ1) is 13.9. The van der Waals surface area contributed by atoms with E-state index in [0.29, 0.717) is 0 Å². The molecule has 0 radical (unpaired) electrons. The molecule has 1 aliphatic rings. The van der Waals surface area contributed by atoms with E-state index in [1.165, 1.54) is 0 Å². The fraction of sp³-hybridized carbons (Fsp3) is 0.800. The largest absolute Gasteiger partial charge is 0.464 e. The van der Waals surface area contributed by atoms with Crippen LogP contribution in [-0.2, 0) is 23.8 Å². The molecule has 98 valence electrons. The van der Waals surface area contributed by atoms with Gasteiger partial charge in [-0.2, -0.15) is 0 Å². The molecule has 17 heavy (non-hydrogen) atoms. The van der Waals surface area contributed by atoms with Gasteiger partial charge >= 0.3 is 11.9 Å². The topological polar surface area (TPSA) is 102 Å². The van der Waals surface area contributed by atoms with E-state index in [1.807, 2.05) is 0 Å². The number of carbonyl (C=O) groups is 2. The van der Waals surface area contributed by atoms with Crippen molar-refractivity contribution in [3.8, 4) is 0 Å². The molecule has 7 nitrogen and oxygen atoms in total. The van der Waals surface area contributed by atoms with Crippen molar-refractivity contribution in [2.24, 2.45) is 0 Å². The van der Waals surface area contributed by atoms with Crippen molar-refractivity contribution in [1.82, 2.24) is 0 Å². The average Bonchev–Trinajstić information content (AvgIpc) is 2.24. The van der Waals surface area contributed by atoms with E-state index in [4.69, 9.17) is 14.2 Å². The summed E-state index contributed by atoms with van der Waals surface area (Å²) in [5.74, 6) is -1.41. The van der Waals surface area contributed by atoms with E-state index >= 15 is 0 Å². The van der Waals surface area contributed by atoms with Gasteiger partial charge in [0.1, 0.15) is 12.2 Å². The number of aliphatic hydroxyl groups excluding tert-OH is 2. The molecule has 1 aliphatic heterocycles. The second-order valence-electron chi connectivity index (χ2n) is 3.64. The molecule has 1 fully saturated rings. The Balaban J connectivity index is 2.78. The average molecular weight is 248 g/mol. The predicted molar refractivity (Wildman–Crippen MR) is 53.9 cm³/mol. The molecule has 1 saturated heterocycles. The molecular formula is C10H16O7. The van der Waals surface area contributed by atoms with Crippen molar-refractivity contribution in [2.45, 2.75) is 38.3 Å². The Kier molecular flexibility index (Phi) is 4.86. The normalized spacial score (nSPS) is 32.9. The van der Waals surface area contributed by atoms with Crippen LogP contribution in [0.5, 0.6) is 0 Å². The Labute approximate surface area is 98.3 Å². The van der Waals surface area contributed by atoms with Crippen molar-refractivity contribution in [2.75, 3.05) is 13.2 Å². The minimum atomic E-state index is -1.37. The maximum absolute atomic E-state index is 11.5. The van der Waals surface area contributed by atoms with Gasteiger partial charge in [0.25, 0.3) is 0 Å². The molecule has 0 aromatic rings. The fourth-order valence-corrected chi connectivity index (χ4v) is 1.54. The molecule has 7 heteroatoms. The number of hydrogen-bond acceptors (Lipinski definition) is 7. The smallest absolute Gasteiger partial charge is 0.339 e. The molecule has 4 atom stereocenters. The lowest BCUT2D eigenvalue weighted by atomic mass is 10.00. The van der Waals surface area contributed by atoms with E-state index in [0.717, 1.165) is 6.92 Å². The molecule has 4 unspecified atom stereocenters. The van der Waals surface area contributed by atoms with Crippen molar-refractivity contribution >= 4 is 11.9 Å². The van der Waals surface area contributed by atoms with Crippen molar-refractivity contribution in [3.63, 3.8) is 0 Å². The van der Waals surface area contributed by atoms with E-state index in [-0.39, 0.29) is 13.2 Å². The Hall–Kier alpha value is -1.18. The van der Waals surface area contributed by atoms with E-state index in [1.54, 1.807) is 6.92 Å². The summed E-state index contributed by atoms with van der Waals surface area (Å²) in [6.45, 7) is 2.68. The molecule has 0 spiro atoms. The fourth-order valence-electron chi connectivity index (χ4n) is 1.54. The van der Waals surface area contributed by atoms with Gasteiger partial charge in [-0.1, -0.05) is 0 Å². The zero-order valence-electron chi connectivity index (χ0n) is 9.66.